The lowest BCUT2D eigenvalue weighted by molar-refractivity contribution is -0.166. The van der Waals surface area contributed by atoms with Crippen LogP contribution in [-0.4, -0.2) is 37.2 Å². The Morgan fingerprint density at radius 2 is 0.582 bits per heavy atom. The predicted molar refractivity (Wildman–Crippen MR) is 288 cm³/mol. The zero-order valence-electron chi connectivity index (χ0n) is 42.3. The van der Waals surface area contributed by atoms with E-state index >= 15 is 0 Å². The highest BCUT2D eigenvalue weighted by atomic mass is 16.6. The van der Waals surface area contributed by atoms with Gasteiger partial charge < -0.3 is 14.2 Å². The van der Waals surface area contributed by atoms with Crippen LogP contribution >= 0.6 is 0 Å². The van der Waals surface area contributed by atoms with E-state index < -0.39 is 6.10 Å². The lowest BCUT2D eigenvalue weighted by atomic mass is 10.1. The van der Waals surface area contributed by atoms with Crippen LogP contribution in [0.1, 0.15) is 188 Å². The van der Waals surface area contributed by atoms with Crippen LogP contribution < -0.4 is 0 Å². The first-order valence-electron chi connectivity index (χ1n) is 26.0. The predicted octanol–water partition coefficient (Wildman–Crippen LogP) is 17.4. The van der Waals surface area contributed by atoms with Gasteiger partial charge in [-0.1, -0.05) is 204 Å². The van der Waals surface area contributed by atoms with Crippen molar-refractivity contribution >= 4 is 17.9 Å². The maximum atomic E-state index is 12.8. The van der Waals surface area contributed by atoms with Crippen molar-refractivity contribution in [1.29, 1.82) is 0 Å². The van der Waals surface area contributed by atoms with Crippen LogP contribution in [0.25, 0.3) is 0 Å². The summed E-state index contributed by atoms with van der Waals surface area (Å²) in [5, 5.41) is 0. The molecule has 372 valence electrons. The summed E-state index contributed by atoms with van der Waals surface area (Å²) in [6.45, 7) is 6.14. The second kappa shape index (κ2) is 53.6. The SMILES string of the molecule is CC/C=C\C/C=C\C/C=C\C/C=C\C/C=C\C/C=C\CCC(=O)OCC(COC(=O)CCC/C=C\C/C=C\C/C=C\CC)OC(=O)CCCCCCCC/C=C\C/C=C\C/C=C\C/C=C\CC. The summed E-state index contributed by atoms with van der Waals surface area (Å²) in [6.07, 6.45) is 78.2. The van der Waals surface area contributed by atoms with Gasteiger partial charge in [0.05, 0.1) is 0 Å². The second-order valence-electron chi connectivity index (χ2n) is 16.3. The Morgan fingerprint density at radius 3 is 0.970 bits per heavy atom. The summed E-state index contributed by atoms with van der Waals surface area (Å²) in [7, 11) is 0. The molecule has 0 radical (unpaired) electrons. The van der Waals surface area contributed by atoms with E-state index in [4.69, 9.17) is 14.2 Å². The first kappa shape index (κ1) is 62.0. The molecule has 0 aromatic carbocycles. The highest BCUT2D eigenvalue weighted by Gasteiger charge is 2.19. The molecule has 0 aliphatic heterocycles. The normalized spacial score (nSPS) is 13.4. The zero-order chi connectivity index (χ0) is 48.6. The third-order valence-electron chi connectivity index (χ3n) is 10.0. The Labute approximate surface area is 409 Å². The molecule has 6 nitrogen and oxygen atoms in total. The van der Waals surface area contributed by atoms with Gasteiger partial charge in [-0.2, -0.15) is 0 Å². The fourth-order valence-electron chi connectivity index (χ4n) is 6.24. The summed E-state index contributed by atoms with van der Waals surface area (Å²) >= 11 is 0. The molecule has 0 aromatic rings. The molecule has 0 spiro atoms. The van der Waals surface area contributed by atoms with Crippen molar-refractivity contribution < 1.29 is 28.6 Å². The minimum Gasteiger partial charge on any atom is -0.462 e. The molecule has 6 heteroatoms. The standard InChI is InChI=1S/C61H92O6/c1-4-7-10-13-16-19-22-24-26-28-30-32-34-36-39-42-45-48-51-54-60(63)66-57-58(56-65-59(62)53-50-47-44-41-38-21-18-15-12-9-6-3)67-61(64)55-52-49-46-43-40-37-35-33-31-29-27-25-23-20-17-14-11-8-5-2/h7-12,16-21,24-27,30-33,36,39,41,44-45,48,58H,4-6,13-15,22-23,28-29,34-35,37-38,40,42-43,46-47,49-57H2,1-3H3/b10-7-,11-8-,12-9-,19-16-,20-17-,21-18-,26-24-,27-25-,32-30-,33-31-,39-36-,44-41-,48-45-. The van der Waals surface area contributed by atoms with Crippen LogP contribution in [0.15, 0.2) is 158 Å². The Balaban J connectivity index is 4.58. The smallest absolute Gasteiger partial charge is 0.306 e. The van der Waals surface area contributed by atoms with Gasteiger partial charge in [-0.3, -0.25) is 14.4 Å². The molecule has 0 saturated carbocycles. The number of esters is 3. The molecule has 1 unspecified atom stereocenters. The molecule has 0 aromatic heterocycles. The number of hydrogen-bond donors (Lipinski definition) is 0. The minimum absolute atomic E-state index is 0.141. The van der Waals surface area contributed by atoms with Gasteiger partial charge in [-0.05, 0) is 122 Å². The molecule has 1 atom stereocenters. The number of unbranched alkanes of at least 4 members (excludes halogenated alkanes) is 7. The first-order valence-corrected chi connectivity index (χ1v) is 26.0. The molecule has 0 rings (SSSR count). The fraction of sp³-hybridized carbons (Fsp3) is 0.525. The lowest BCUT2D eigenvalue weighted by Gasteiger charge is -2.18. The van der Waals surface area contributed by atoms with E-state index in [0.717, 1.165) is 122 Å². The fourth-order valence-corrected chi connectivity index (χ4v) is 6.24. The largest absolute Gasteiger partial charge is 0.462 e. The summed E-state index contributed by atoms with van der Waals surface area (Å²) in [6, 6.07) is 0. The Kier molecular flexibility index (Phi) is 49.7. The van der Waals surface area contributed by atoms with Gasteiger partial charge in [0, 0.05) is 19.3 Å². The molecule has 67 heavy (non-hydrogen) atoms. The van der Waals surface area contributed by atoms with E-state index in [1.165, 1.54) is 12.8 Å². The van der Waals surface area contributed by atoms with Gasteiger partial charge >= 0.3 is 17.9 Å². The number of rotatable bonds is 44. The third-order valence-corrected chi connectivity index (χ3v) is 10.0. The average Bonchev–Trinajstić information content (AvgIpc) is 3.33. The average molecular weight is 921 g/mol. The summed E-state index contributed by atoms with van der Waals surface area (Å²) < 4.78 is 16.7. The first-order chi connectivity index (χ1) is 33.0. The molecule has 0 aliphatic carbocycles. The second-order valence-corrected chi connectivity index (χ2v) is 16.3. The summed E-state index contributed by atoms with van der Waals surface area (Å²) in [4.78, 5) is 37.9. The van der Waals surface area contributed by atoms with Crippen molar-refractivity contribution in [3.05, 3.63) is 158 Å². The lowest BCUT2D eigenvalue weighted by Crippen LogP contribution is -2.30. The monoisotopic (exact) mass is 921 g/mol. The molecule has 0 saturated heterocycles. The number of hydrogen-bond acceptors (Lipinski definition) is 6. The van der Waals surface area contributed by atoms with Crippen LogP contribution in [0, 0.1) is 0 Å². The van der Waals surface area contributed by atoms with Crippen LogP contribution in [-0.2, 0) is 28.6 Å². The number of carbonyl (C=O) groups is 3. The van der Waals surface area contributed by atoms with Crippen molar-refractivity contribution in [2.45, 2.75) is 194 Å². The number of allylic oxidation sites excluding steroid dienone is 26. The van der Waals surface area contributed by atoms with Crippen LogP contribution in [0.3, 0.4) is 0 Å². The van der Waals surface area contributed by atoms with Crippen LogP contribution in [0.2, 0.25) is 0 Å². The molecule has 0 heterocycles. The van der Waals surface area contributed by atoms with Crippen molar-refractivity contribution in [3.63, 3.8) is 0 Å². The highest BCUT2D eigenvalue weighted by molar-refractivity contribution is 5.71. The molecule has 0 aliphatic rings. The van der Waals surface area contributed by atoms with Crippen molar-refractivity contribution in [3.8, 4) is 0 Å². The maximum absolute atomic E-state index is 12.8. The maximum Gasteiger partial charge on any atom is 0.306 e. The number of carbonyl (C=O) groups excluding carboxylic acids is 3. The van der Waals surface area contributed by atoms with Crippen LogP contribution in [0.4, 0.5) is 0 Å². The molecule has 0 fully saturated rings. The Morgan fingerprint density at radius 1 is 0.299 bits per heavy atom. The summed E-state index contributed by atoms with van der Waals surface area (Å²) in [5.74, 6) is -1.11. The number of ether oxygens (including phenoxy) is 3. The Hall–Kier alpha value is -4.97. The van der Waals surface area contributed by atoms with E-state index in [0.29, 0.717) is 12.8 Å². The van der Waals surface area contributed by atoms with Crippen molar-refractivity contribution in [2.24, 2.45) is 0 Å². The van der Waals surface area contributed by atoms with E-state index in [2.05, 4.69) is 167 Å². The van der Waals surface area contributed by atoms with E-state index in [9.17, 15) is 14.4 Å². The topological polar surface area (TPSA) is 78.9 Å². The van der Waals surface area contributed by atoms with Gasteiger partial charge in [-0.15, -0.1) is 0 Å². The molecule has 0 bridgehead atoms. The van der Waals surface area contributed by atoms with Gasteiger partial charge in [0.1, 0.15) is 13.2 Å². The van der Waals surface area contributed by atoms with E-state index in [1.807, 2.05) is 12.2 Å². The van der Waals surface area contributed by atoms with Gasteiger partial charge in [0.2, 0.25) is 0 Å². The van der Waals surface area contributed by atoms with E-state index in [-0.39, 0.29) is 50.4 Å². The molecular formula is C61H92O6. The Bertz CT molecular complexity index is 1570. The van der Waals surface area contributed by atoms with Crippen molar-refractivity contribution in [1.82, 2.24) is 0 Å². The molecule has 0 amide bonds. The minimum atomic E-state index is -0.844. The van der Waals surface area contributed by atoms with E-state index in [1.54, 1.807) is 0 Å². The van der Waals surface area contributed by atoms with Gasteiger partial charge in [0.15, 0.2) is 6.10 Å². The third kappa shape index (κ3) is 51.9. The quantitative estimate of drug-likeness (QED) is 0.0262. The van der Waals surface area contributed by atoms with Gasteiger partial charge in [-0.25, -0.2) is 0 Å². The van der Waals surface area contributed by atoms with Gasteiger partial charge in [0.25, 0.3) is 0 Å². The zero-order valence-corrected chi connectivity index (χ0v) is 42.3. The molecule has 0 N–H and O–H groups in total. The van der Waals surface area contributed by atoms with Crippen molar-refractivity contribution in [2.75, 3.05) is 13.2 Å². The highest BCUT2D eigenvalue weighted by Crippen LogP contribution is 2.12. The van der Waals surface area contributed by atoms with Crippen LogP contribution in [0.5, 0.6) is 0 Å². The molecular weight excluding hydrogens is 829 g/mol. The summed E-state index contributed by atoms with van der Waals surface area (Å²) in [5.41, 5.74) is 0.